The van der Waals surface area contributed by atoms with E-state index >= 15 is 0 Å². The SMILES string of the molecule is O=C([C@@H]1CCCN(Cc2nc3ccccc3n2-c2ccc(Br)cc2)C1)N1CCN(Cc2ccccc2)CC1. The van der Waals surface area contributed by atoms with Gasteiger partial charge in [0.25, 0.3) is 0 Å². The van der Waals surface area contributed by atoms with Crippen LogP contribution >= 0.6 is 15.9 Å². The Hall–Kier alpha value is -3.00. The highest BCUT2D eigenvalue weighted by Gasteiger charge is 2.31. The summed E-state index contributed by atoms with van der Waals surface area (Å²) in [6, 6.07) is 27.3. The largest absolute Gasteiger partial charge is 0.340 e. The monoisotopic (exact) mass is 571 g/mol. The van der Waals surface area contributed by atoms with Gasteiger partial charge in [-0.3, -0.25) is 19.2 Å². The van der Waals surface area contributed by atoms with E-state index in [1.165, 1.54) is 5.56 Å². The van der Waals surface area contributed by atoms with E-state index in [4.69, 9.17) is 4.98 Å². The molecule has 1 atom stereocenters. The first-order chi connectivity index (χ1) is 18.6. The van der Waals surface area contributed by atoms with Crippen molar-refractivity contribution in [1.82, 2.24) is 24.3 Å². The third-order valence-electron chi connectivity index (χ3n) is 7.87. The highest BCUT2D eigenvalue weighted by Crippen LogP contribution is 2.26. The van der Waals surface area contributed by atoms with Crippen LogP contribution < -0.4 is 0 Å². The number of amides is 1. The van der Waals surface area contributed by atoms with E-state index in [-0.39, 0.29) is 5.92 Å². The van der Waals surface area contributed by atoms with E-state index in [1.807, 2.05) is 6.07 Å². The molecule has 0 saturated carbocycles. The number of piperidine rings is 1. The molecule has 6 nitrogen and oxygen atoms in total. The van der Waals surface area contributed by atoms with E-state index in [2.05, 4.69) is 108 Å². The van der Waals surface area contributed by atoms with Gasteiger partial charge in [-0.05, 0) is 61.3 Å². The normalized spacial score (nSPS) is 19.2. The van der Waals surface area contributed by atoms with Crippen molar-refractivity contribution in [2.45, 2.75) is 25.9 Å². The van der Waals surface area contributed by atoms with Crippen molar-refractivity contribution >= 4 is 32.9 Å². The van der Waals surface area contributed by atoms with E-state index in [0.717, 1.165) is 92.2 Å². The second-order valence-corrected chi connectivity index (χ2v) is 11.4. The summed E-state index contributed by atoms with van der Waals surface area (Å²) >= 11 is 3.56. The van der Waals surface area contributed by atoms with Gasteiger partial charge in [0.2, 0.25) is 5.91 Å². The lowest BCUT2D eigenvalue weighted by atomic mass is 9.96. The number of para-hydroxylation sites is 2. The van der Waals surface area contributed by atoms with Crippen LogP contribution in [0.5, 0.6) is 0 Å². The van der Waals surface area contributed by atoms with E-state index in [9.17, 15) is 4.79 Å². The molecule has 0 radical (unpaired) electrons. The Labute approximate surface area is 233 Å². The maximum atomic E-state index is 13.5. The predicted octanol–water partition coefficient (Wildman–Crippen LogP) is 5.34. The number of likely N-dealkylation sites (tertiary alicyclic amines) is 1. The molecule has 6 rings (SSSR count). The molecule has 4 aromatic rings. The maximum absolute atomic E-state index is 13.5. The van der Waals surface area contributed by atoms with Gasteiger partial charge in [0.15, 0.2) is 0 Å². The Morgan fingerprint density at radius 1 is 0.816 bits per heavy atom. The van der Waals surface area contributed by atoms with Gasteiger partial charge in [-0.15, -0.1) is 0 Å². The van der Waals surface area contributed by atoms with Crippen LogP contribution in [0.3, 0.4) is 0 Å². The predicted molar refractivity (Wildman–Crippen MR) is 155 cm³/mol. The Kier molecular flexibility index (Phi) is 7.58. The standard InChI is InChI=1S/C31H34BrN5O/c32-26-12-14-27(15-13-26)37-29-11-5-4-10-28(29)33-30(37)23-35-16-6-9-25(22-35)31(38)36-19-17-34(18-20-36)21-24-7-2-1-3-8-24/h1-5,7-8,10-15,25H,6,9,16-23H2/t25-/m1/s1. The van der Waals surface area contributed by atoms with Crippen LogP contribution in [0.4, 0.5) is 0 Å². The molecule has 0 aliphatic carbocycles. The zero-order valence-corrected chi connectivity index (χ0v) is 23.3. The fraction of sp³-hybridized carbons (Fsp3) is 0.355. The summed E-state index contributed by atoms with van der Waals surface area (Å²) in [5.74, 6) is 1.42. The molecule has 0 spiro atoms. The first-order valence-corrected chi connectivity index (χ1v) is 14.4. The molecule has 0 unspecified atom stereocenters. The third-order valence-corrected chi connectivity index (χ3v) is 8.40. The van der Waals surface area contributed by atoms with E-state index < -0.39 is 0 Å². The summed E-state index contributed by atoms with van der Waals surface area (Å²) in [6.45, 7) is 7.01. The highest BCUT2D eigenvalue weighted by atomic mass is 79.9. The number of benzene rings is 3. The Morgan fingerprint density at radius 2 is 1.55 bits per heavy atom. The van der Waals surface area contributed by atoms with Crippen molar-refractivity contribution in [2.75, 3.05) is 39.3 Å². The zero-order chi connectivity index (χ0) is 25.9. The summed E-state index contributed by atoms with van der Waals surface area (Å²) in [6.07, 6.45) is 2.02. The van der Waals surface area contributed by atoms with Gasteiger partial charge in [-0.25, -0.2) is 4.98 Å². The van der Waals surface area contributed by atoms with Crippen molar-refractivity contribution in [3.8, 4) is 5.69 Å². The number of nitrogens with zero attached hydrogens (tertiary/aromatic N) is 5. The van der Waals surface area contributed by atoms with Crippen LogP contribution in [0.1, 0.15) is 24.2 Å². The number of carbonyl (C=O) groups is 1. The first-order valence-electron chi connectivity index (χ1n) is 13.6. The van der Waals surface area contributed by atoms with Crippen molar-refractivity contribution < 1.29 is 4.79 Å². The van der Waals surface area contributed by atoms with Gasteiger partial charge < -0.3 is 4.90 Å². The van der Waals surface area contributed by atoms with Crippen molar-refractivity contribution in [3.05, 3.63) is 94.7 Å². The molecule has 3 aromatic carbocycles. The van der Waals surface area contributed by atoms with Gasteiger partial charge >= 0.3 is 0 Å². The Morgan fingerprint density at radius 3 is 2.34 bits per heavy atom. The molecule has 7 heteroatoms. The summed E-state index contributed by atoms with van der Waals surface area (Å²) in [5, 5.41) is 0. The molecular formula is C31H34BrN5O. The summed E-state index contributed by atoms with van der Waals surface area (Å²) in [4.78, 5) is 25.5. The highest BCUT2D eigenvalue weighted by molar-refractivity contribution is 9.10. The minimum atomic E-state index is 0.0648. The molecule has 2 saturated heterocycles. The van der Waals surface area contributed by atoms with Gasteiger partial charge in [0, 0.05) is 49.4 Å². The molecule has 38 heavy (non-hydrogen) atoms. The second kappa shape index (κ2) is 11.4. The number of rotatable bonds is 6. The molecule has 2 fully saturated rings. The number of halogens is 1. The number of aromatic nitrogens is 2. The number of piperazine rings is 1. The molecule has 2 aliphatic rings. The Bertz CT molecular complexity index is 1380. The van der Waals surface area contributed by atoms with Crippen LogP contribution in [0.2, 0.25) is 0 Å². The van der Waals surface area contributed by atoms with Gasteiger partial charge in [0.1, 0.15) is 5.82 Å². The molecule has 2 aliphatic heterocycles. The lowest BCUT2D eigenvalue weighted by Gasteiger charge is -2.39. The number of hydrogen-bond acceptors (Lipinski definition) is 4. The average Bonchev–Trinajstić information content (AvgIpc) is 3.32. The minimum Gasteiger partial charge on any atom is -0.340 e. The molecule has 1 aromatic heterocycles. The lowest BCUT2D eigenvalue weighted by molar-refractivity contribution is -0.139. The van der Waals surface area contributed by atoms with Crippen molar-refractivity contribution in [2.24, 2.45) is 5.92 Å². The summed E-state index contributed by atoms with van der Waals surface area (Å²) in [7, 11) is 0. The Balaban J connectivity index is 1.12. The summed E-state index contributed by atoms with van der Waals surface area (Å²) in [5.41, 5.74) is 4.56. The number of imidazole rings is 1. The quantitative estimate of drug-likeness (QED) is 0.313. The average molecular weight is 573 g/mol. The summed E-state index contributed by atoms with van der Waals surface area (Å²) < 4.78 is 3.32. The molecule has 196 valence electrons. The zero-order valence-electron chi connectivity index (χ0n) is 21.7. The van der Waals surface area contributed by atoms with Crippen LogP contribution in [0, 0.1) is 5.92 Å². The van der Waals surface area contributed by atoms with Crippen molar-refractivity contribution in [1.29, 1.82) is 0 Å². The third kappa shape index (κ3) is 5.55. The first kappa shape index (κ1) is 25.3. The van der Waals surface area contributed by atoms with Crippen LogP contribution in [-0.2, 0) is 17.9 Å². The fourth-order valence-electron chi connectivity index (χ4n) is 5.89. The number of hydrogen-bond donors (Lipinski definition) is 0. The molecule has 1 amide bonds. The van der Waals surface area contributed by atoms with E-state index in [0.29, 0.717) is 5.91 Å². The minimum absolute atomic E-state index is 0.0648. The van der Waals surface area contributed by atoms with Crippen molar-refractivity contribution in [3.63, 3.8) is 0 Å². The molecule has 3 heterocycles. The molecular weight excluding hydrogens is 538 g/mol. The van der Waals surface area contributed by atoms with Gasteiger partial charge in [0.05, 0.1) is 23.5 Å². The molecule has 0 N–H and O–H groups in total. The smallest absolute Gasteiger partial charge is 0.227 e. The lowest BCUT2D eigenvalue weighted by Crippen LogP contribution is -2.52. The topological polar surface area (TPSA) is 44.6 Å². The van der Waals surface area contributed by atoms with Crippen LogP contribution in [-0.4, -0.2) is 69.4 Å². The van der Waals surface area contributed by atoms with Gasteiger partial charge in [-0.1, -0.05) is 58.4 Å². The molecule has 0 bridgehead atoms. The van der Waals surface area contributed by atoms with Gasteiger partial charge in [-0.2, -0.15) is 0 Å². The van der Waals surface area contributed by atoms with E-state index in [1.54, 1.807) is 0 Å². The number of fused-ring (bicyclic) bond motifs is 1. The van der Waals surface area contributed by atoms with Crippen LogP contribution in [0.25, 0.3) is 16.7 Å². The maximum Gasteiger partial charge on any atom is 0.227 e. The second-order valence-electron chi connectivity index (χ2n) is 10.5. The number of carbonyl (C=O) groups excluding carboxylic acids is 1. The fourth-order valence-corrected chi connectivity index (χ4v) is 6.15. The van der Waals surface area contributed by atoms with Crippen LogP contribution in [0.15, 0.2) is 83.3 Å².